The summed E-state index contributed by atoms with van der Waals surface area (Å²) < 4.78 is 0.826. The Labute approximate surface area is 110 Å². The molecule has 1 aromatic rings. The molecule has 92 valence electrons. The number of likely N-dealkylation sites (N-methyl/N-ethyl adjacent to an activating group) is 1. The van der Waals surface area contributed by atoms with Gasteiger partial charge in [-0.05, 0) is 41.2 Å². The third kappa shape index (κ3) is 2.79. The Balaban J connectivity index is 2.11. The number of carbonyl (C=O) groups excluding carboxylic acids is 1. The fourth-order valence-corrected chi connectivity index (χ4v) is 2.12. The molecule has 1 aliphatic heterocycles. The number of nitrogen functional groups attached to an aromatic ring is 1. The zero-order valence-corrected chi connectivity index (χ0v) is 11.4. The highest BCUT2D eigenvalue weighted by atomic mass is 79.9. The summed E-state index contributed by atoms with van der Waals surface area (Å²) in [4.78, 5) is 16.3. The van der Waals surface area contributed by atoms with Crippen molar-refractivity contribution in [2.45, 2.75) is 0 Å². The van der Waals surface area contributed by atoms with Crippen molar-refractivity contribution in [2.75, 3.05) is 39.0 Å². The molecular weight excluding hydrogens is 282 g/mol. The number of nitrogens with two attached hydrogens (primary N) is 1. The number of anilines is 1. The van der Waals surface area contributed by atoms with Gasteiger partial charge in [0.25, 0.3) is 5.91 Å². The van der Waals surface area contributed by atoms with Crippen LogP contribution >= 0.6 is 15.9 Å². The summed E-state index contributed by atoms with van der Waals surface area (Å²) in [7, 11) is 2.07. The zero-order chi connectivity index (χ0) is 12.4. The Hall–Kier alpha value is -1.07. The van der Waals surface area contributed by atoms with E-state index < -0.39 is 0 Å². The molecule has 0 bridgehead atoms. The lowest BCUT2D eigenvalue weighted by atomic mass is 10.1. The van der Waals surface area contributed by atoms with Gasteiger partial charge < -0.3 is 15.5 Å². The quantitative estimate of drug-likeness (QED) is 0.798. The van der Waals surface area contributed by atoms with Gasteiger partial charge >= 0.3 is 0 Å². The Morgan fingerprint density at radius 2 is 1.94 bits per heavy atom. The monoisotopic (exact) mass is 297 g/mol. The van der Waals surface area contributed by atoms with Gasteiger partial charge in [-0.1, -0.05) is 0 Å². The molecule has 1 heterocycles. The van der Waals surface area contributed by atoms with Gasteiger partial charge in [0.2, 0.25) is 0 Å². The maximum absolute atomic E-state index is 12.2. The lowest BCUT2D eigenvalue weighted by Crippen LogP contribution is -2.47. The van der Waals surface area contributed by atoms with Crippen molar-refractivity contribution in [3.8, 4) is 0 Å². The maximum Gasteiger partial charge on any atom is 0.254 e. The average molecular weight is 298 g/mol. The van der Waals surface area contributed by atoms with E-state index in [9.17, 15) is 4.79 Å². The molecule has 1 fully saturated rings. The van der Waals surface area contributed by atoms with Crippen LogP contribution in [0.5, 0.6) is 0 Å². The van der Waals surface area contributed by atoms with Crippen LogP contribution in [0, 0.1) is 0 Å². The van der Waals surface area contributed by atoms with Crippen molar-refractivity contribution in [1.82, 2.24) is 9.80 Å². The Morgan fingerprint density at radius 3 is 2.53 bits per heavy atom. The molecule has 0 saturated carbocycles. The summed E-state index contributed by atoms with van der Waals surface area (Å²) in [6, 6.07) is 5.35. The minimum absolute atomic E-state index is 0.0669. The number of halogens is 1. The number of rotatable bonds is 1. The fraction of sp³-hybridized carbons (Fsp3) is 0.417. The lowest BCUT2D eigenvalue weighted by Gasteiger charge is -2.32. The molecule has 0 aliphatic carbocycles. The van der Waals surface area contributed by atoms with E-state index in [4.69, 9.17) is 5.73 Å². The highest BCUT2D eigenvalue weighted by Gasteiger charge is 2.20. The Kier molecular flexibility index (Phi) is 3.69. The van der Waals surface area contributed by atoms with E-state index >= 15 is 0 Å². The smallest absolute Gasteiger partial charge is 0.254 e. The number of piperazine rings is 1. The third-order valence-electron chi connectivity index (χ3n) is 3.03. The van der Waals surface area contributed by atoms with E-state index in [-0.39, 0.29) is 5.91 Å². The molecule has 1 amide bonds. The first kappa shape index (κ1) is 12.4. The SMILES string of the molecule is CN1CCN(C(=O)c2ccc(Br)c(N)c2)CC1. The Morgan fingerprint density at radius 1 is 1.29 bits per heavy atom. The maximum atomic E-state index is 12.2. The van der Waals surface area contributed by atoms with Crippen molar-refractivity contribution in [2.24, 2.45) is 0 Å². The minimum Gasteiger partial charge on any atom is -0.398 e. The number of hydrogen-bond donors (Lipinski definition) is 1. The van der Waals surface area contributed by atoms with Crippen molar-refractivity contribution in [3.05, 3.63) is 28.2 Å². The number of hydrogen-bond acceptors (Lipinski definition) is 3. The van der Waals surface area contributed by atoms with Gasteiger partial charge in [-0.2, -0.15) is 0 Å². The molecular formula is C12H16BrN3O. The average Bonchev–Trinajstić information content (AvgIpc) is 2.33. The molecule has 1 aromatic carbocycles. The molecule has 0 spiro atoms. The highest BCUT2D eigenvalue weighted by molar-refractivity contribution is 9.10. The normalized spacial score (nSPS) is 17.2. The molecule has 4 nitrogen and oxygen atoms in total. The first-order chi connectivity index (χ1) is 8.08. The molecule has 5 heteroatoms. The number of carbonyl (C=O) groups is 1. The molecule has 1 aliphatic rings. The second-order valence-corrected chi connectivity index (χ2v) is 5.19. The van der Waals surface area contributed by atoms with Crippen LogP contribution in [0.1, 0.15) is 10.4 Å². The second-order valence-electron chi connectivity index (χ2n) is 4.33. The van der Waals surface area contributed by atoms with Crippen LogP contribution in [-0.4, -0.2) is 48.9 Å². The predicted molar refractivity (Wildman–Crippen MR) is 72.0 cm³/mol. The van der Waals surface area contributed by atoms with Crippen molar-refractivity contribution >= 4 is 27.5 Å². The molecule has 1 saturated heterocycles. The number of amides is 1. The second kappa shape index (κ2) is 5.06. The first-order valence-electron chi connectivity index (χ1n) is 5.61. The first-order valence-corrected chi connectivity index (χ1v) is 6.40. The number of nitrogens with zero attached hydrogens (tertiary/aromatic N) is 2. The van der Waals surface area contributed by atoms with E-state index in [1.807, 2.05) is 11.0 Å². The predicted octanol–water partition coefficient (Wildman–Crippen LogP) is 1.42. The molecule has 0 atom stereocenters. The van der Waals surface area contributed by atoms with Gasteiger partial charge in [-0.25, -0.2) is 0 Å². The fourth-order valence-electron chi connectivity index (χ4n) is 1.87. The van der Waals surface area contributed by atoms with Gasteiger partial charge in [-0.15, -0.1) is 0 Å². The van der Waals surface area contributed by atoms with Crippen LogP contribution in [0.3, 0.4) is 0 Å². The lowest BCUT2D eigenvalue weighted by molar-refractivity contribution is 0.0664. The summed E-state index contributed by atoms with van der Waals surface area (Å²) in [6.07, 6.45) is 0. The van der Waals surface area contributed by atoms with E-state index in [0.29, 0.717) is 11.3 Å². The van der Waals surface area contributed by atoms with E-state index in [1.165, 1.54) is 0 Å². The summed E-state index contributed by atoms with van der Waals surface area (Å²) in [5.41, 5.74) is 7.05. The third-order valence-corrected chi connectivity index (χ3v) is 3.76. The summed E-state index contributed by atoms with van der Waals surface area (Å²) >= 11 is 3.33. The van der Waals surface area contributed by atoms with E-state index in [0.717, 1.165) is 30.7 Å². The van der Waals surface area contributed by atoms with Crippen LogP contribution in [0.4, 0.5) is 5.69 Å². The van der Waals surface area contributed by atoms with Crippen LogP contribution < -0.4 is 5.73 Å². The van der Waals surface area contributed by atoms with Crippen LogP contribution in [0.2, 0.25) is 0 Å². The zero-order valence-electron chi connectivity index (χ0n) is 9.82. The van der Waals surface area contributed by atoms with Crippen molar-refractivity contribution in [3.63, 3.8) is 0 Å². The largest absolute Gasteiger partial charge is 0.398 e. The van der Waals surface area contributed by atoms with E-state index in [1.54, 1.807) is 12.1 Å². The van der Waals surface area contributed by atoms with Crippen LogP contribution in [-0.2, 0) is 0 Å². The van der Waals surface area contributed by atoms with Crippen LogP contribution in [0.25, 0.3) is 0 Å². The Bertz CT molecular complexity index is 428. The number of benzene rings is 1. The van der Waals surface area contributed by atoms with Gasteiger partial charge in [0.15, 0.2) is 0 Å². The summed E-state index contributed by atoms with van der Waals surface area (Å²) in [5, 5.41) is 0. The minimum atomic E-state index is 0.0669. The van der Waals surface area contributed by atoms with Crippen molar-refractivity contribution in [1.29, 1.82) is 0 Å². The highest BCUT2D eigenvalue weighted by Crippen LogP contribution is 2.21. The molecule has 17 heavy (non-hydrogen) atoms. The molecule has 0 radical (unpaired) electrons. The van der Waals surface area contributed by atoms with Crippen LogP contribution in [0.15, 0.2) is 22.7 Å². The van der Waals surface area contributed by atoms with Gasteiger partial charge in [0.05, 0.1) is 0 Å². The molecule has 0 unspecified atom stereocenters. The van der Waals surface area contributed by atoms with Gasteiger partial charge in [-0.3, -0.25) is 4.79 Å². The summed E-state index contributed by atoms with van der Waals surface area (Å²) in [6.45, 7) is 3.42. The molecule has 2 N–H and O–H groups in total. The van der Waals surface area contributed by atoms with E-state index in [2.05, 4.69) is 27.9 Å². The summed E-state index contributed by atoms with van der Waals surface area (Å²) in [5.74, 6) is 0.0669. The standard InChI is InChI=1S/C12H16BrN3O/c1-15-4-6-16(7-5-15)12(17)9-2-3-10(13)11(14)8-9/h2-3,8H,4-7,14H2,1H3. The van der Waals surface area contributed by atoms with Crippen molar-refractivity contribution < 1.29 is 4.79 Å². The molecule has 0 aromatic heterocycles. The van der Waals surface area contributed by atoms with Gasteiger partial charge in [0, 0.05) is 41.9 Å². The molecule has 2 rings (SSSR count). The topological polar surface area (TPSA) is 49.6 Å². The van der Waals surface area contributed by atoms with Gasteiger partial charge in [0.1, 0.15) is 0 Å².